The maximum absolute atomic E-state index is 8.93. The van der Waals surface area contributed by atoms with E-state index in [4.69, 9.17) is 26.0 Å². The fourth-order valence-corrected chi connectivity index (χ4v) is 1.58. The first-order valence-corrected chi connectivity index (χ1v) is 5.50. The first kappa shape index (κ1) is 10.8. The molecule has 0 fully saturated rings. The largest absolute Gasteiger partial charge is 0.488 e. The van der Waals surface area contributed by atoms with Crippen LogP contribution in [0.25, 0.3) is 11.0 Å². The van der Waals surface area contributed by atoms with Gasteiger partial charge in [0.25, 0.3) is 0 Å². The van der Waals surface area contributed by atoms with E-state index in [1.165, 1.54) is 0 Å². The lowest BCUT2D eigenvalue weighted by atomic mass is 10.2. The molecule has 0 radical (unpaired) electrons. The summed E-state index contributed by atoms with van der Waals surface area (Å²) in [7, 11) is 0. The Hall–Kier alpha value is -1.66. The third-order valence-corrected chi connectivity index (χ3v) is 2.44. The number of nitriles is 1. The van der Waals surface area contributed by atoms with Crippen LogP contribution in [0.3, 0.4) is 0 Å². The lowest BCUT2D eigenvalue weighted by molar-refractivity contribution is 0.315. The summed E-state index contributed by atoms with van der Waals surface area (Å²) in [5.74, 6) is 1.27. The predicted molar refractivity (Wildman–Crippen MR) is 61.8 cm³/mol. The number of rotatable bonds is 4. The minimum absolute atomic E-state index is 0.218. The third kappa shape index (κ3) is 1.98. The average Bonchev–Trinajstić information content (AvgIpc) is 2.68. The van der Waals surface area contributed by atoms with Crippen molar-refractivity contribution in [3.63, 3.8) is 0 Å². The van der Waals surface area contributed by atoms with Crippen molar-refractivity contribution in [3.05, 3.63) is 30.0 Å². The highest BCUT2D eigenvalue weighted by Crippen LogP contribution is 2.32. The van der Waals surface area contributed by atoms with E-state index in [0.717, 1.165) is 11.8 Å². The van der Waals surface area contributed by atoms with E-state index in [1.807, 2.05) is 30.3 Å². The SMILES string of the molecule is N#Cc1oc2ccccc2c1OCCCCl. The van der Waals surface area contributed by atoms with Crippen LogP contribution < -0.4 is 4.74 Å². The number of alkyl halides is 1. The molecule has 0 saturated carbocycles. The molecule has 4 heteroatoms. The molecule has 82 valence electrons. The smallest absolute Gasteiger partial charge is 0.246 e. The molecule has 0 bridgehead atoms. The van der Waals surface area contributed by atoms with Gasteiger partial charge < -0.3 is 9.15 Å². The summed E-state index contributed by atoms with van der Waals surface area (Å²) < 4.78 is 10.9. The lowest BCUT2D eigenvalue weighted by Crippen LogP contribution is -1.98. The zero-order valence-corrected chi connectivity index (χ0v) is 9.33. The highest BCUT2D eigenvalue weighted by molar-refractivity contribution is 6.17. The number of nitrogens with zero attached hydrogens (tertiary/aromatic N) is 1. The molecule has 0 spiro atoms. The van der Waals surface area contributed by atoms with Crippen LogP contribution in [-0.4, -0.2) is 12.5 Å². The molecule has 0 saturated heterocycles. The van der Waals surface area contributed by atoms with Gasteiger partial charge in [-0.1, -0.05) is 12.1 Å². The van der Waals surface area contributed by atoms with Crippen molar-refractivity contribution in [1.82, 2.24) is 0 Å². The van der Waals surface area contributed by atoms with Gasteiger partial charge in [0, 0.05) is 5.88 Å². The van der Waals surface area contributed by atoms with Crippen LogP contribution in [0, 0.1) is 11.3 Å². The lowest BCUT2D eigenvalue weighted by Gasteiger charge is -2.02. The van der Waals surface area contributed by atoms with Gasteiger partial charge in [0.15, 0.2) is 5.75 Å². The van der Waals surface area contributed by atoms with E-state index >= 15 is 0 Å². The van der Waals surface area contributed by atoms with Gasteiger partial charge in [-0.2, -0.15) is 5.26 Å². The number of benzene rings is 1. The summed E-state index contributed by atoms with van der Waals surface area (Å²) in [6.45, 7) is 0.488. The standard InChI is InChI=1S/C12H10ClNO2/c13-6-3-7-15-12-9-4-1-2-5-10(9)16-11(12)8-14/h1-2,4-5H,3,6-7H2. The van der Waals surface area contributed by atoms with E-state index in [2.05, 4.69) is 0 Å². The zero-order chi connectivity index (χ0) is 11.4. The Morgan fingerprint density at radius 2 is 2.19 bits per heavy atom. The number of hydrogen-bond acceptors (Lipinski definition) is 3. The Morgan fingerprint density at radius 3 is 2.94 bits per heavy atom. The monoisotopic (exact) mass is 235 g/mol. The van der Waals surface area contributed by atoms with Gasteiger partial charge in [-0.25, -0.2) is 0 Å². The molecule has 1 aromatic carbocycles. The Bertz CT molecular complexity index is 527. The normalized spacial score (nSPS) is 10.2. The van der Waals surface area contributed by atoms with Gasteiger partial charge in [-0.3, -0.25) is 0 Å². The second kappa shape index (κ2) is 4.91. The maximum atomic E-state index is 8.93. The molecule has 0 aliphatic heterocycles. The summed E-state index contributed by atoms with van der Waals surface area (Å²) in [5.41, 5.74) is 0.667. The van der Waals surface area contributed by atoms with Crippen molar-refractivity contribution in [1.29, 1.82) is 5.26 Å². The summed E-state index contributed by atoms with van der Waals surface area (Å²) in [6.07, 6.45) is 0.742. The van der Waals surface area contributed by atoms with Crippen LogP contribution in [0.5, 0.6) is 5.75 Å². The first-order valence-electron chi connectivity index (χ1n) is 4.97. The molecule has 16 heavy (non-hydrogen) atoms. The minimum atomic E-state index is 0.218. The maximum Gasteiger partial charge on any atom is 0.246 e. The quantitative estimate of drug-likeness (QED) is 0.603. The molecule has 0 aliphatic rings. The summed E-state index contributed by atoms with van der Waals surface area (Å²) in [4.78, 5) is 0. The molecule has 0 aliphatic carbocycles. The highest BCUT2D eigenvalue weighted by atomic mass is 35.5. The molecular formula is C12H10ClNO2. The van der Waals surface area contributed by atoms with Crippen molar-refractivity contribution in [3.8, 4) is 11.8 Å². The van der Waals surface area contributed by atoms with Gasteiger partial charge >= 0.3 is 0 Å². The van der Waals surface area contributed by atoms with Crippen LogP contribution in [0.2, 0.25) is 0 Å². The van der Waals surface area contributed by atoms with E-state index in [1.54, 1.807) is 0 Å². The number of furan rings is 1. The predicted octanol–water partition coefficient (Wildman–Crippen LogP) is 3.31. The minimum Gasteiger partial charge on any atom is -0.488 e. The van der Waals surface area contributed by atoms with Crippen molar-refractivity contribution >= 4 is 22.6 Å². The van der Waals surface area contributed by atoms with Crippen LogP contribution in [0.1, 0.15) is 12.2 Å². The number of ether oxygens (including phenoxy) is 1. The number of fused-ring (bicyclic) bond motifs is 1. The number of hydrogen-bond donors (Lipinski definition) is 0. The molecule has 0 atom stereocenters. The average molecular weight is 236 g/mol. The molecule has 2 aromatic rings. The molecule has 1 aromatic heterocycles. The Morgan fingerprint density at radius 1 is 1.38 bits per heavy atom. The topological polar surface area (TPSA) is 46.2 Å². The molecular weight excluding hydrogens is 226 g/mol. The second-order valence-corrected chi connectivity index (χ2v) is 3.64. The number of para-hydroxylation sites is 1. The molecule has 0 amide bonds. The van der Waals surface area contributed by atoms with Crippen molar-refractivity contribution in [2.45, 2.75) is 6.42 Å². The van der Waals surface area contributed by atoms with E-state index in [0.29, 0.717) is 23.8 Å². The van der Waals surface area contributed by atoms with Gasteiger partial charge in [-0.15, -0.1) is 11.6 Å². The van der Waals surface area contributed by atoms with Gasteiger partial charge in [-0.05, 0) is 18.6 Å². The Kier molecular flexibility index (Phi) is 3.33. The number of halogens is 1. The van der Waals surface area contributed by atoms with Crippen LogP contribution >= 0.6 is 11.6 Å². The summed E-state index contributed by atoms with van der Waals surface area (Å²) in [5, 5.41) is 9.75. The van der Waals surface area contributed by atoms with Crippen molar-refractivity contribution < 1.29 is 9.15 Å². The van der Waals surface area contributed by atoms with E-state index < -0.39 is 0 Å². The fourth-order valence-electron chi connectivity index (χ4n) is 1.47. The van der Waals surface area contributed by atoms with Crippen LogP contribution in [0.15, 0.2) is 28.7 Å². The van der Waals surface area contributed by atoms with Gasteiger partial charge in [0.05, 0.1) is 12.0 Å². The van der Waals surface area contributed by atoms with Crippen LogP contribution in [-0.2, 0) is 0 Å². The third-order valence-electron chi connectivity index (χ3n) is 2.18. The van der Waals surface area contributed by atoms with E-state index in [9.17, 15) is 0 Å². The fraction of sp³-hybridized carbons (Fsp3) is 0.250. The zero-order valence-electron chi connectivity index (χ0n) is 8.57. The molecule has 3 nitrogen and oxygen atoms in total. The van der Waals surface area contributed by atoms with E-state index in [-0.39, 0.29) is 5.76 Å². The Balaban J connectivity index is 2.37. The second-order valence-electron chi connectivity index (χ2n) is 3.26. The molecule has 2 rings (SSSR count). The van der Waals surface area contributed by atoms with Crippen molar-refractivity contribution in [2.75, 3.05) is 12.5 Å². The Labute approximate surface area is 98.2 Å². The van der Waals surface area contributed by atoms with Gasteiger partial charge in [0.1, 0.15) is 11.7 Å². The van der Waals surface area contributed by atoms with Crippen LogP contribution in [0.4, 0.5) is 0 Å². The summed E-state index contributed by atoms with van der Waals surface area (Å²) in [6, 6.07) is 9.41. The first-order chi connectivity index (χ1) is 7.86. The summed E-state index contributed by atoms with van der Waals surface area (Å²) >= 11 is 5.57. The molecule has 0 N–H and O–H groups in total. The highest BCUT2D eigenvalue weighted by Gasteiger charge is 2.14. The van der Waals surface area contributed by atoms with Crippen molar-refractivity contribution in [2.24, 2.45) is 0 Å². The van der Waals surface area contributed by atoms with Gasteiger partial charge in [0.2, 0.25) is 5.76 Å². The molecule has 1 heterocycles. The molecule has 0 unspecified atom stereocenters.